The molecule has 0 radical (unpaired) electrons. The number of carbonyl (C=O) groups excluding carboxylic acids is 1. The second kappa shape index (κ2) is 7.79. The van der Waals surface area contributed by atoms with Crippen molar-refractivity contribution in [3.8, 4) is 0 Å². The van der Waals surface area contributed by atoms with Crippen LogP contribution < -0.4 is 10.6 Å². The van der Waals surface area contributed by atoms with Gasteiger partial charge in [-0.25, -0.2) is 0 Å². The molecule has 5 heteroatoms. The molecule has 0 aromatic rings. The number of piperidine rings is 1. The molecule has 2 unspecified atom stereocenters. The molecule has 0 bridgehead atoms. The number of amides is 1. The summed E-state index contributed by atoms with van der Waals surface area (Å²) in [5.74, 6) is 1.30. The van der Waals surface area contributed by atoms with E-state index < -0.39 is 10.8 Å². The summed E-state index contributed by atoms with van der Waals surface area (Å²) in [6.45, 7) is 2.70. The molecule has 1 amide bonds. The first-order valence-electron chi connectivity index (χ1n) is 5.96. The fourth-order valence-corrected chi connectivity index (χ4v) is 2.49. The van der Waals surface area contributed by atoms with Gasteiger partial charge in [-0.05, 0) is 38.3 Å². The van der Waals surface area contributed by atoms with Crippen molar-refractivity contribution < 1.29 is 9.00 Å². The molecule has 1 aliphatic heterocycles. The Balaban J connectivity index is 2.03. The van der Waals surface area contributed by atoms with Crippen LogP contribution in [-0.2, 0) is 15.6 Å². The van der Waals surface area contributed by atoms with Crippen LogP contribution in [0.2, 0.25) is 0 Å². The van der Waals surface area contributed by atoms with Crippen molar-refractivity contribution >= 4 is 16.7 Å². The Hall–Kier alpha value is -0.420. The lowest BCUT2D eigenvalue weighted by molar-refractivity contribution is -0.122. The Bertz CT molecular complexity index is 240. The van der Waals surface area contributed by atoms with E-state index in [-0.39, 0.29) is 5.91 Å². The average Bonchev–Trinajstić information content (AvgIpc) is 2.25. The lowest BCUT2D eigenvalue weighted by Gasteiger charge is -2.22. The molecule has 16 heavy (non-hydrogen) atoms. The van der Waals surface area contributed by atoms with E-state index in [1.165, 1.54) is 6.42 Å². The highest BCUT2D eigenvalue weighted by Crippen LogP contribution is 2.13. The maximum atomic E-state index is 11.5. The van der Waals surface area contributed by atoms with Gasteiger partial charge >= 0.3 is 0 Å². The second-order valence-corrected chi connectivity index (χ2v) is 5.95. The van der Waals surface area contributed by atoms with Crippen LogP contribution in [0.3, 0.4) is 0 Å². The third-order valence-corrected chi connectivity index (χ3v) is 3.67. The van der Waals surface area contributed by atoms with Gasteiger partial charge in [0.25, 0.3) is 0 Å². The molecule has 1 aliphatic rings. The summed E-state index contributed by atoms with van der Waals surface area (Å²) in [4.78, 5) is 11.5. The van der Waals surface area contributed by atoms with Gasteiger partial charge < -0.3 is 10.6 Å². The van der Waals surface area contributed by atoms with E-state index in [9.17, 15) is 9.00 Å². The van der Waals surface area contributed by atoms with Crippen LogP contribution in [0.1, 0.15) is 25.7 Å². The van der Waals surface area contributed by atoms with E-state index in [1.54, 1.807) is 6.26 Å². The Morgan fingerprint density at radius 2 is 2.38 bits per heavy atom. The summed E-state index contributed by atoms with van der Waals surface area (Å²) < 4.78 is 10.8. The van der Waals surface area contributed by atoms with Crippen molar-refractivity contribution in [3.63, 3.8) is 0 Å². The molecule has 94 valence electrons. The van der Waals surface area contributed by atoms with Crippen molar-refractivity contribution in [1.82, 2.24) is 10.6 Å². The summed E-state index contributed by atoms with van der Waals surface area (Å²) in [6.07, 6.45) is 5.45. The van der Waals surface area contributed by atoms with Gasteiger partial charge in [-0.2, -0.15) is 0 Å². The molecular weight excluding hydrogens is 224 g/mol. The molecule has 0 spiro atoms. The lowest BCUT2D eigenvalue weighted by atomic mass is 9.96. The summed E-state index contributed by atoms with van der Waals surface area (Å²) in [6, 6.07) is 0. The summed E-state index contributed by atoms with van der Waals surface area (Å²) >= 11 is 0. The van der Waals surface area contributed by atoms with Crippen LogP contribution >= 0.6 is 0 Å². The predicted molar refractivity (Wildman–Crippen MR) is 66.8 cm³/mol. The monoisotopic (exact) mass is 246 g/mol. The molecule has 1 fully saturated rings. The minimum atomic E-state index is -0.748. The van der Waals surface area contributed by atoms with Gasteiger partial charge in [0.15, 0.2) is 0 Å². The minimum Gasteiger partial charge on any atom is -0.356 e. The van der Waals surface area contributed by atoms with Crippen LogP contribution in [0.5, 0.6) is 0 Å². The fourth-order valence-electron chi connectivity index (χ4n) is 1.94. The van der Waals surface area contributed by atoms with E-state index >= 15 is 0 Å². The normalized spacial score (nSPS) is 22.7. The molecule has 1 rings (SSSR count). The molecule has 0 aliphatic carbocycles. The van der Waals surface area contributed by atoms with E-state index in [4.69, 9.17) is 0 Å². The molecule has 1 heterocycles. The fraction of sp³-hybridized carbons (Fsp3) is 0.909. The first-order valence-corrected chi connectivity index (χ1v) is 7.68. The molecule has 0 saturated carbocycles. The molecule has 2 atom stereocenters. The molecule has 4 nitrogen and oxygen atoms in total. The topological polar surface area (TPSA) is 58.2 Å². The predicted octanol–water partition coefficient (Wildman–Crippen LogP) is 0.261. The highest BCUT2D eigenvalue weighted by atomic mass is 32.2. The zero-order valence-electron chi connectivity index (χ0n) is 9.96. The Morgan fingerprint density at radius 3 is 3.00 bits per heavy atom. The first-order chi connectivity index (χ1) is 7.68. The highest BCUT2D eigenvalue weighted by molar-refractivity contribution is 7.84. The van der Waals surface area contributed by atoms with Crippen LogP contribution in [0.15, 0.2) is 0 Å². The summed E-state index contributed by atoms with van der Waals surface area (Å²) in [5, 5.41) is 6.19. The van der Waals surface area contributed by atoms with Gasteiger partial charge in [0.2, 0.25) is 5.91 Å². The van der Waals surface area contributed by atoms with Crippen LogP contribution in [0.4, 0.5) is 0 Å². The highest BCUT2D eigenvalue weighted by Gasteiger charge is 2.16. The number of hydrogen-bond acceptors (Lipinski definition) is 3. The van der Waals surface area contributed by atoms with E-state index in [2.05, 4.69) is 10.6 Å². The number of rotatable bonds is 6. The van der Waals surface area contributed by atoms with Crippen molar-refractivity contribution in [2.24, 2.45) is 5.92 Å². The van der Waals surface area contributed by atoms with Gasteiger partial charge in [0.05, 0.1) is 0 Å². The molecular formula is C11H22N2O2S. The van der Waals surface area contributed by atoms with Crippen molar-refractivity contribution in [3.05, 3.63) is 0 Å². The van der Waals surface area contributed by atoms with Gasteiger partial charge in [-0.3, -0.25) is 9.00 Å². The molecule has 2 N–H and O–H groups in total. The minimum absolute atomic E-state index is 0.135. The smallest absolute Gasteiger partial charge is 0.220 e. The third-order valence-electron chi connectivity index (χ3n) is 2.80. The quantitative estimate of drug-likeness (QED) is 0.661. The van der Waals surface area contributed by atoms with E-state index in [1.807, 2.05) is 0 Å². The zero-order valence-corrected chi connectivity index (χ0v) is 10.8. The van der Waals surface area contributed by atoms with E-state index in [0.29, 0.717) is 24.6 Å². The number of carbonyl (C=O) groups is 1. The van der Waals surface area contributed by atoms with Crippen molar-refractivity contribution in [2.75, 3.05) is 31.6 Å². The number of hydrogen-bond donors (Lipinski definition) is 2. The maximum Gasteiger partial charge on any atom is 0.220 e. The van der Waals surface area contributed by atoms with Crippen LogP contribution in [0, 0.1) is 5.92 Å². The SMILES string of the molecule is CS(=O)CCCNC(=O)CC1CCCNC1. The van der Waals surface area contributed by atoms with Crippen molar-refractivity contribution in [1.29, 1.82) is 0 Å². The Morgan fingerprint density at radius 1 is 1.56 bits per heavy atom. The summed E-state index contributed by atoms with van der Waals surface area (Å²) in [5.41, 5.74) is 0. The largest absolute Gasteiger partial charge is 0.356 e. The second-order valence-electron chi connectivity index (χ2n) is 4.40. The summed E-state index contributed by atoms with van der Waals surface area (Å²) in [7, 11) is -0.748. The van der Waals surface area contributed by atoms with Gasteiger partial charge in [0, 0.05) is 35.8 Å². The Kier molecular flexibility index (Phi) is 6.64. The zero-order chi connectivity index (χ0) is 11.8. The van der Waals surface area contributed by atoms with E-state index in [0.717, 1.165) is 25.9 Å². The third kappa shape index (κ3) is 6.23. The van der Waals surface area contributed by atoms with Crippen LogP contribution in [0.25, 0.3) is 0 Å². The molecule has 0 aromatic heterocycles. The standard InChI is InChI=1S/C11H22N2O2S/c1-16(15)7-3-6-13-11(14)8-10-4-2-5-12-9-10/h10,12H,2-9H2,1H3,(H,13,14). The van der Waals surface area contributed by atoms with Crippen LogP contribution in [-0.4, -0.2) is 41.8 Å². The molecule has 0 aromatic carbocycles. The van der Waals surface area contributed by atoms with Gasteiger partial charge in [-0.1, -0.05) is 0 Å². The molecule has 1 saturated heterocycles. The van der Waals surface area contributed by atoms with Gasteiger partial charge in [0.1, 0.15) is 0 Å². The Labute approximate surface area is 100 Å². The number of nitrogens with one attached hydrogen (secondary N) is 2. The average molecular weight is 246 g/mol. The van der Waals surface area contributed by atoms with Gasteiger partial charge in [-0.15, -0.1) is 0 Å². The first kappa shape index (κ1) is 13.6. The maximum absolute atomic E-state index is 11.5. The lowest BCUT2D eigenvalue weighted by Crippen LogP contribution is -2.34. The van der Waals surface area contributed by atoms with Crippen molar-refractivity contribution in [2.45, 2.75) is 25.7 Å².